The molecule has 0 N–H and O–H groups in total. The zero-order valence-electron chi connectivity index (χ0n) is 7.53. The molecule has 3 heteroatoms. The molecule has 0 amide bonds. The van der Waals surface area contributed by atoms with E-state index in [1.165, 1.54) is 25.7 Å². The summed E-state index contributed by atoms with van der Waals surface area (Å²) >= 11 is 1.62. The van der Waals surface area contributed by atoms with Crippen LogP contribution in [0, 0.1) is 5.92 Å². The van der Waals surface area contributed by atoms with Crippen molar-refractivity contribution >= 4 is 17.6 Å². The number of aldehydes is 1. The van der Waals surface area contributed by atoms with Crippen molar-refractivity contribution in [3.63, 3.8) is 0 Å². The summed E-state index contributed by atoms with van der Waals surface area (Å²) in [6.45, 7) is 0. The molecule has 0 radical (unpaired) electrons. The maximum Gasteiger partial charge on any atom is 0.169 e. The van der Waals surface area contributed by atoms with Crippen LogP contribution in [0.2, 0.25) is 0 Å². The van der Waals surface area contributed by atoms with E-state index < -0.39 is 0 Å². The van der Waals surface area contributed by atoms with Gasteiger partial charge in [-0.2, -0.15) is 0 Å². The molecule has 1 aromatic heterocycles. The number of hydrogen-bond acceptors (Lipinski definition) is 3. The fraction of sp³-hybridized carbons (Fsp3) is 0.600. The average molecular weight is 195 g/mol. The first-order valence-electron chi connectivity index (χ1n) is 4.78. The van der Waals surface area contributed by atoms with Crippen LogP contribution in [0.5, 0.6) is 0 Å². The van der Waals surface area contributed by atoms with Gasteiger partial charge >= 0.3 is 0 Å². The molecule has 1 aliphatic rings. The summed E-state index contributed by atoms with van der Waals surface area (Å²) in [5.41, 5.74) is 0.595. The van der Waals surface area contributed by atoms with E-state index in [9.17, 15) is 4.79 Å². The number of carbonyl (C=O) groups excluding carboxylic acids is 1. The molecule has 0 atom stereocenters. The third kappa shape index (κ3) is 2.15. The highest BCUT2D eigenvalue weighted by molar-refractivity contribution is 7.09. The maximum absolute atomic E-state index is 10.4. The van der Waals surface area contributed by atoms with Gasteiger partial charge in [0.05, 0.1) is 5.01 Å². The first-order valence-corrected chi connectivity index (χ1v) is 5.66. The number of aromatic nitrogens is 1. The minimum atomic E-state index is 0.595. The Morgan fingerprint density at radius 2 is 2.31 bits per heavy atom. The Morgan fingerprint density at radius 1 is 1.54 bits per heavy atom. The van der Waals surface area contributed by atoms with Crippen molar-refractivity contribution in [2.24, 2.45) is 5.92 Å². The van der Waals surface area contributed by atoms with Crippen LogP contribution in [0.15, 0.2) is 5.38 Å². The van der Waals surface area contributed by atoms with E-state index in [-0.39, 0.29) is 0 Å². The van der Waals surface area contributed by atoms with E-state index in [0.717, 1.165) is 23.6 Å². The summed E-state index contributed by atoms with van der Waals surface area (Å²) in [5, 5.41) is 2.98. The second-order valence-electron chi connectivity index (χ2n) is 3.64. The number of rotatable bonds is 3. The van der Waals surface area contributed by atoms with Gasteiger partial charge in [0.25, 0.3) is 0 Å². The van der Waals surface area contributed by atoms with Crippen molar-refractivity contribution in [2.75, 3.05) is 0 Å². The van der Waals surface area contributed by atoms with Gasteiger partial charge < -0.3 is 0 Å². The van der Waals surface area contributed by atoms with Gasteiger partial charge in [0.15, 0.2) is 6.29 Å². The molecule has 0 aromatic carbocycles. The van der Waals surface area contributed by atoms with Gasteiger partial charge in [0, 0.05) is 11.8 Å². The zero-order chi connectivity index (χ0) is 9.10. The molecule has 0 saturated heterocycles. The second-order valence-corrected chi connectivity index (χ2v) is 4.58. The zero-order valence-corrected chi connectivity index (χ0v) is 8.35. The number of thiazole rings is 1. The number of carbonyl (C=O) groups is 1. The summed E-state index contributed by atoms with van der Waals surface area (Å²) in [5.74, 6) is 0.825. The lowest BCUT2D eigenvalue weighted by Gasteiger charge is -2.04. The molecule has 0 unspecified atom stereocenters. The predicted molar refractivity (Wildman–Crippen MR) is 53.2 cm³/mol. The monoisotopic (exact) mass is 195 g/mol. The lowest BCUT2D eigenvalue weighted by atomic mass is 10.1. The van der Waals surface area contributed by atoms with Gasteiger partial charge in [-0.15, -0.1) is 11.3 Å². The van der Waals surface area contributed by atoms with Crippen molar-refractivity contribution in [2.45, 2.75) is 32.1 Å². The quantitative estimate of drug-likeness (QED) is 0.694. The fourth-order valence-corrected chi connectivity index (χ4v) is 2.79. The maximum atomic E-state index is 10.4. The molecule has 1 fully saturated rings. The SMILES string of the molecule is O=Cc1csc(CC2CCCC2)n1. The Hall–Kier alpha value is -0.700. The first kappa shape index (κ1) is 8.88. The van der Waals surface area contributed by atoms with Crippen LogP contribution < -0.4 is 0 Å². The Balaban J connectivity index is 1.96. The van der Waals surface area contributed by atoms with Crippen molar-refractivity contribution in [3.8, 4) is 0 Å². The van der Waals surface area contributed by atoms with Crippen LogP contribution >= 0.6 is 11.3 Å². The topological polar surface area (TPSA) is 30.0 Å². The van der Waals surface area contributed by atoms with Crippen LogP contribution in [0.4, 0.5) is 0 Å². The van der Waals surface area contributed by atoms with E-state index in [1.54, 1.807) is 11.3 Å². The van der Waals surface area contributed by atoms with Crippen LogP contribution in [0.25, 0.3) is 0 Å². The van der Waals surface area contributed by atoms with Gasteiger partial charge in [-0.25, -0.2) is 4.98 Å². The molecule has 13 heavy (non-hydrogen) atoms. The Labute approximate surface area is 82.0 Å². The summed E-state index contributed by atoms with van der Waals surface area (Å²) in [6.07, 6.45) is 7.34. The third-order valence-corrected chi connectivity index (χ3v) is 3.52. The van der Waals surface area contributed by atoms with E-state index in [1.807, 2.05) is 5.38 Å². The van der Waals surface area contributed by atoms with Gasteiger partial charge in [0.2, 0.25) is 0 Å². The minimum Gasteiger partial charge on any atom is -0.296 e. The average Bonchev–Trinajstić information content (AvgIpc) is 2.76. The summed E-state index contributed by atoms with van der Waals surface area (Å²) < 4.78 is 0. The lowest BCUT2D eigenvalue weighted by Crippen LogP contribution is -1.98. The molecule has 1 saturated carbocycles. The van der Waals surface area contributed by atoms with E-state index in [0.29, 0.717) is 5.69 Å². The van der Waals surface area contributed by atoms with E-state index in [2.05, 4.69) is 4.98 Å². The second kappa shape index (κ2) is 4.01. The van der Waals surface area contributed by atoms with Crippen LogP contribution in [0.1, 0.15) is 41.2 Å². The van der Waals surface area contributed by atoms with Crippen molar-refractivity contribution in [1.29, 1.82) is 0 Å². The third-order valence-electron chi connectivity index (χ3n) is 2.63. The number of hydrogen-bond donors (Lipinski definition) is 0. The molecule has 0 bridgehead atoms. The van der Waals surface area contributed by atoms with E-state index in [4.69, 9.17) is 0 Å². The van der Waals surface area contributed by atoms with Crippen molar-refractivity contribution in [3.05, 3.63) is 16.1 Å². The van der Waals surface area contributed by atoms with Crippen molar-refractivity contribution in [1.82, 2.24) is 4.98 Å². The summed E-state index contributed by atoms with van der Waals surface area (Å²) in [6, 6.07) is 0. The first-order chi connectivity index (χ1) is 6.38. The van der Waals surface area contributed by atoms with E-state index >= 15 is 0 Å². The highest BCUT2D eigenvalue weighted by atomic mass is 32.1. The van der Waals surface area contributed by atoms with Crippen LogP contribution in [0.3, 0.4) is 0 Å². The summed E-state index contributed by atoms with van der Waals surface area (Å²) in [7, 11) is 0. The number of nitrogens with zero attached hydrogens (tertiary/aromatic N) is 1. The molecule has 0 aliphatic heterocycles. The molecule has 1 aromatic rings. The van der Waals surface area contributed by atoms with Crippen molar-refractivity contribution < 1.29 is 4.79 Å². The highest BCUT2D eigenvalue weighted by Gasteiger charge is 2.16. The smallest absolute Gasteiger partial charge is 0.169 e. The van der Waals surface area contributed by atoms with Gasteiger partial charge in [0.1, 0.15) is 5.69 Å². The fourth-order valence-electron chi connectivity index (χ4n) is 1.93. The van der Waals surface area contributed by atoms with Gasteiger partial charge in [-0.1, -0.05) is 25.7 Å². The highest BCUT2D eigenvalue weighted by Crippen LogP contribution is 2.28. The largest absolute Gasteiger partial charge is 0.296 e. The molecular formula is C10H13NOS. The van der Waals surface area contributed by atoms with Crippen LogP contribution in [-0.2, 0) is 6.42 Å². The molecule has 1 aliphatic carbocycles. The molecule has 1 heterocycles. The summed E-state index contributed by atoms with van der Waals surface area (Å²) in [4.78, 5) is 14.6. The van der Waals surface area contributed by atoms with Gasteiger partial charge in [-0.05, 0) is 5.92 Å². The normalized spacial score (nSPS) is 17.8. The molecule has 2 rings (SSSR count). The molecule has 0 spiro atoms. The Bertz CT molecular complexity index is 289. The standard InChI is InChI=1S/C10H13NOS/c12-6-9-7-13-10(11-9)5-8-3-1-2-4-8/h6-8H,1-5H2. The lowest BCUT2D eigenvalue weighted by molar-refractivity contribution is 0.111. The Morgan fingerprint density at radius 3 is 2.92 bits per heavy atom. The molecular weight excluding hydrogens is 182 g/mol. The predicted octanol–water partition coefficient (Wildman–Crippen LogP) is 2.69. The van der Waals surface area contributed by atoms with Crippen LogP contribution in [-0.4, -0.2) is 11.3 Å². The van der Waals surface area contributed by atoms with Gasteiger partial charge in [-0.3, -0.25) is 4.79 Å². The molecule has 2 nitrogen and oxygen atoms in total. The Kier molecular flexibility index (Phi) is 2.74. The minimum absolute atomic E-state index is 0.595. The molecule has 70 valence electrons.